The van der Waals surface area contributed by atoms with Crippen LogP contribution in [0.4, 0.5) is 14.5 Å². The number of nitriles is 1. The Morgan fingerprint density at radius 3 is 2.76 bits per heavy atom. The van der Waals surface area contributed by atoms with E-state index in [1.807, 2.05) is 0 Å². The van der Waals surface area contributed by atoms with E-state index in [1.54, 1.807) is 11.0 Å². The summed E-state index contributed by atoms with van der Waals surface area (Å²) in [6, 6.07) is 4.23. The van der Waals surface area contributed by atoms with Gasteiger partial charge in [0.25, 0.3) is 0 Å². The molecule has 1 atom stereocenters. The van der Waals surface area contributed by atoms with E-state index in [0.717, 1.165) is 6.42 Å². The first-order valence-corrected chi connectivity index (χ1v) is 5.44. The number of hydrogen-bond acceptors (Lipinski definition) is 3. The fraction of sp³-hybridized carbons (Fsp3) is 0.417. The van der Waals surface area contributed by atoms with E-state index in [1.165, 1.54) is 12.1 Å². The fourth-order valence-corrected chi connectivity index (χ4v) is 2.04. The number of piperidine rings is 1. The first-order valence-electron chi connectivity index (χ1n) is 5.44. The summed E-state index contributed by atoms with van der Waals surface area (Å²) in [5.41, 5.74) is -0.191. The van der Waals surface area contributed by atoms with Crippen LogP contribution in [0.15, 0.2) is 12.1 Å². The minimum Gasteiger partial charge on any atom is -0.391 e. The van der Waals surface area contributed by atoms with Gasteiger partial charge in [-0.25, -0.2) is 8.78 Å². The lowest BCUT2D eigenvalue weighted by Gasteiger charge is -2.32. The van der Waals surface area contributed by atoms with Gasteiger partial charge in [-0.15, -0.1) is 0 Å². The van der Waals surface area contributed by atoms with Gasteiger partial charge in [-0.05, 0) is 25.0 Å². The van der Waals surface area contributed by atoms with Crippen molar-refractivity contribution < 1.29 is 13.9 Å². The number of benzene rings is 1. The molecule has 3 nitrogen and oxygen atoms in total. The van der Waals surface area contributed by atoms with Crippen LogP contribution in [0.1, 0.15) is 18.4 Å². The quantitative estimate of drug-likeness (QED) is 0.811. The van der Waals surface area contributed by atoms with Crippen molar-refractivity contribution in [1.82, 2.24) is 0 Å². The molecule has 0 aliphatic carbocycles. The Kier molecular flexibility index (Phi) is 3.25. The number of β-amino-alcohol motifs (C(OH)–C–C–N with tert-alkyl or cyclic N) is 1. The van der Waals surface area contributed by atoms with Crippen LogP contribution in [-0.2, 0) is 0 Å². The van der Waals surface area contributed by atoms with E-state index in [4.69, 9.17) is 5.26 Å². The van der Waals surface area contributed by atoms with Crippen molar-refractivity contribution in [2.45, 2.75) is 18.9 Å². The van der Waals surface area contributed by atoms with Crippen LogP contribution in [0.3, 0.4) is 0 Å². The molecular weight excluding hydrogens is 226 g/mol. The molecule has 0 spiro atoms. The van der Waals surface area contributed by atoms with Crippen LogP contribution in [0.5, 0.6) is 0 Å². The molecule has 0 aromatic heterocycles. The van der Waals surface area contributed by atoms with E-state index < -0.39 is 17.7 Å². The van der Waals surface area contributed by atoms with Crippen LogP contribution < -0.4 is 4.90 Å². The lowest BCUT2D eigenvalue weighted by Crippen LogP contribution is -2.38. The standard InChI is InChI=1S/C12H12F2N2O/c13-11-8(6-15)3-4-10(12(11)14)16-5-1-2-9(17)7-16/h3-4,9,17H,1-2,5,7H2. The zero-order valence-electron chi connectivity index (χ0n) is 9.16. The third kappa shape index (κ3) is 2.22. The number of aliphatic hydroxyl groups is 1. The van der Waals surface area contributed by atoms with Crippen molar-refractivity contribution in [2.24, 2.45) is 0 Å². The Labute approximate surface area is 97.9 Å². The molecule has 1 aliphatic heterocycles. The van der Waals surface area contributed by atoms with Crippen LogP contribution in [0, 0.1) is 23.0 Å². The molecule has 0 radical (unpaired) electrons. The molecule has 1 heterocycles. The summed E-state index contributed by atoms with van der Waals surface area (Å²) in [5.74, 6) is -2.14. The second-order valence-corrected chi connectivity index (χ2v) is 4.11. The van der Waals surface area contributed by atoms with Crippen molar-refractivity contribution >= 4 is 5.69 Å². The zero-order chi connectivity index (χ0) is 12.4. The van der Waals surface area contributed by atoms with Crippen LogP contribution in [0.2, 0.25) is 0 Å². The van der Waals surface area contributed by atoms with Crippen molar-refractivity contribution in [3.63, 3.8) is 0 Å². The van der Waals surface area contributed by atoms with Gasteiger partial charge in [0, 0.05) is 13.1 Å². The highest BCUT2D eigenvalue weighted by Gasteiger charge is 2.23. The molecule has 0 saturated carbocycles. The molecule has 1 N–H and O–H groups in total. The number of aliphatic hydroxyl groups excluding tert-OH is 1. The smallest absolute Gasteiger partial charge is 0.183 e. The Morgan fingerprint density at radius 1 is 1.35 bits per heavy atom. The highest BCUT2D eigenvalue weighted by Crippen LogP contribution is 2.26. The molecule has 1 aromatic rings. The predicted octanol–water partition coefficient (Wildman–Crippen LogP) is 1.80. The number of nitrogens with zero attached hydrogens (tertiary/aromatic N) is 2. The molecule has 0 amide bonds. The van der Waals surface area contributed by atoms with E-state index >= 15 is 0 Å². The maximum absolute atomic E-state index is 13.7. The maximum atomic E-state index is 13.7. The Morgan fingerprint density at radius 2 is 2.12 bits per heavy atom. The average Bonchev–Trinajstić information content (AvgIpc) is 2.32. The van der Waals surface area contributed by atoms with Gasteiger partial charge in [0.15, 0.2) is 11.6 Å². The Bertz CT molecular complexity index is 470. The van der Waals surface area contributed by atoms with Gasteiger partial charge in [0.2, 0.25) is 0 Å². The van der Waals surface area contributed by atoms with Crippen molar-refractivity contribution in [3.8, 4) is 6.07 Å². The second-order valence-electron chi connectivity index (χ2n) is 4.11. The van der Waals surface area contributed by atoms with Crippen LogP contribution in [-0.4, -0.2) is 24.3 Å². The van der Waals surface area contributed by atoms with Gasteiger partial charge in [0.1, 0.15) is 6.07 Å². The van der Waals surface area contributed by atoms with E-state index in [0.29, 0.717) is 19.5 Å². The van der Waals surface area contributed by atoms with Crippen molar-refractivity contribution in [2.75, 3.05) is 18.0 Å². The van der Waals surface area contributed by atoms with Crippen LogP contribution in [0.25, 0.3) is 0 Å². The van der Waals surface area contributed by atoms with Crippen molar-refractivity contribution in [1.29, 1.82) is 5.26 Å². The maximum Gasteiger partial charge on any atom is 0.183 e. The summed E-state index contributed by atoms with van der Waals surface area (Å²) in [5, 5.41) is 18.1. The van der Waals surface area contributed by atoms with Crippen LogP contribution >= 0.6 is 0 Å². The minimum atomic E-state index is -1.12. The summed E-state index contributed by atoms with van der Waals surface area (Å²) in [4.78, 5) is 1.60. The number of hydrogen-bond donors (Lipinski definition) is 1. The molecule has 1 aliphatic rings. The number of anilines is 1. The third-order valence-corrected chi connectivity index (χ3v) is 2.92. The molecule has 0 bridgehead atoms. The molecule has 2 rings (SSSR count). The average molecular weight is 238 g/mol. The van der Waals surface area contributed by atoms with Crippen molar-refractivity contribution in [3.05, 3.63) is 29.3 Å². The normalized spacial score (nSPS) is 20.1. The number of rotatable bonds is 1. The molecule has 90 valence electrons. The minimum absolute atomic E-state index is 0.111. The molecular formula is C12H12F2N2O. The van der Waals surface area contributed by atoms with Gasteiger partial charge in [0.05, 0.1) is 17.4 Å². The fourth-order valence-electron chi connectivity index (χ4n) is 2.04. The SMILES string of the molecule is N#Cc1ccc(N2CCCC(O)C2)c(F)c1F. The van der Waals surface area contributed by atoms with E-state index in [9.17, 15) is 13.9 Å². The molecule has 1 unspecified atom stereocenters. The third-order valence-electron chi connectivity index (χ3n) is 2.92. The summed E-state index contributed by atoms with van der Waals surface area (Å²) >= 11 is 0. The Balaban J connectivity index is 2.33. The van der Waals surface area contributed by atoms with Gasteiger partial charge >= 0.3 is 0 Å². The van der Waals surface area contributed by atoms with Gasteiger partial charge in [-0.3, -0.25) is 0 Å². The molecule has 17 heavy (non-hydrogen) atoms. The first kappa shape index (κ1) is 11.8. The summed E-state index contributed by atoms with van der Waals surface area (Å²) < 4.78 is 27.1. The highest BCUT2D eigenvalue weighted by atomic mass is 19.2. The van der Waals surface area contributed by atoms with Gasteiger partial charge < -0.3 is 10.0 Å². The molecule has 1 fully saturated rings. The second kappa shape index (κ2) is 4.68. The summed E-state index contributed by atoms with van der Waals surface area (Å²) in [6.07, 6.45) is 0.904. The topological polar surface area (TPSA) is 47.3 Å². The monoisotopic (exact) mass is 238 g/mol. The lowest BCUT2D eigenvalue weighted by molar-refractivity contribution is 0.154. The zero-order valence-corrected chi connectivity index (χ0v) is 9.16. The summed E-state index contributed by atoms with van der Waals surface area (Å²) in [6.45, 7) is 0.877. The van der Waals surface area contributed by atoms with E-state index in [-0.39, 0.29) is 11.3 Å². The molecule has 1 saturated heterocycles. The largest absolute Gasteiger partial charge is 0.391 e. The van der Waals surface area contributed by atoms with E-state index in [2.05, 4.69) is 0 Å². The lowest BCUT2D eigenvalue weighted by atomic mass is 10.1. The van der Waals surface area contributed by atoms with Gasteiger partial charge in [-0.1, -0.05) is 0 Å². The molecule has 5 heteroatoms. The predicted molar refractivity (Wildman–Crippen MR) is 58.5 cm³/mol. The first-order chi connectivity index (χ1) is 8.13. The highest BCUT2D eigenvalue weighted by molar-refractivity contribution is 5.52. The number of halogens is 2. The van der Waals surface area contributed by atoms with Gasteiger partial charge in [-0.2, -0.15) is 5.26 Å². The molecule has 1 aromatic carbocycles. The summed E-state index contributed by atoms with van der Waals surface area (Å²) in [7, 11) is 0. The Hall–Kier alpha value is -1.67.